The third kappa shape index (κ3) is 3.48. The summed E-state index contributed by atoms with van der Waals surface area (Å²) in [5, 5.41) is 16.0. The molecule has 0 bridgehead atoms. The highest BCUT2D eigenvalue weighted by Gasteiger charge is 2.14. The first kappa shape index (κ1) is 7.90. The Kier molecular flexibility index (Phi) is 2.66. The molecule has 9 heavy (non-hydrogen) atoms. The van der Waals surface area contributed by atoms with E-state index < -0.39 is 24.4 Å². The van der Waals surface area contributed by atoms with Crippen molar-refractivity contribution in [3.8, 4) is 0 Å². The second-order valence-electron chi connectivity index (χ2n) is 1.54. The van der Waals surface area contributed by atoms with Crippen molar-refractivity contribution >= 4 is 11.9 Å². The fourth-order valence-electron chi connectivity index (χ4n) is 0.275. The molecule has 0 rings (SSSR count). The lowest BCUT2D eigenvalue weighted by molar-refractivity contribution is -0.144. The Morgan fingerprint density at radius 2 is 1.89 bits per heavy atom. The molecule has 0 fully saturated rings. The molecule has 0 unspecified atom stereocenters. The third-order valence-electron chi connectivity index (χ3n) is 0.712. The van der Waals surface area contributed by atoms with Crippen molar-refractivity contribution < 1.29 is 19.8 Å². The minimum atomic E-state index is -1.29. The van der Waals surface area contributed by atoms with Gasteiger partial charge in [-0.2, -0.15) is 0 Å². The molecule has 0 amide bonds. The van der Waals surface area contributed by atoms with Gasteiger partial charge in [0, 0.05) is 0 Å². The van der Waals surface area contributed by atoms with Gasteiger partial charge in [0.15, 0.2) is 0 Å². The largest absolute Gasteiger partial charge is 0.481 e. The zero-order valence-corrected chi connectivity index (χ0v) is 4.57. The predicted molar refractivity (Wildman–Crippen MR) is 27.9 cm³/mol. The lowest BCUT2D eigenvalue weighted by Gasteiger charge is -1.99. The summed E-state index contributed by atoms with van der Waals surface area (Å²) in [5.41, 5.74) is 4.84. The van der Waals surface area contributed by atoms with Gasteiger partial charge in [0.25, 0.3) is 0 Å². The van der Waals surface area contributed by atoms with E-state index in [1.165, 1.54) is 0 Å². The maximum absolute atomic E-state index is 9.85. The fraction of sp³-hybridized carbons (Fsp3) is 0.500. The molecule has 1 atom stereocenters. The molecule has 0 saturated carbocycles. The van der Waals surface area contributed by atoms with Crippen LogP contribution in [0.4, 0.5) is 0 Å². The lowest BCUT2D eigenvalue weighted by Crippen LogP contribution is -2.32. The van der Waals surface area contributed by atoms with Crippen molar-refractivity contribution in [2.75, 3.05) is 0 Å². The molecule has 0 radical (unpaired) electrons. The van der Waals surface area contributed by atoms with Gasteiger partial charge in [0.2, 0.25) is 0 Å². The maximum atomic E-state index is 9.85. The first-order valence-electron chi connectivity index (χ1n) is 2.24. The molecule has 5 nitrogen and oxygen atoms in total. The van der Waals surface area contributed by atoms with Gasteiger partial charge in [-0.15, -0.1) is 0 Å². The van der Waals surface area contributed by atoms with Crippen molar-refractivity contribution in [1.82, 2.24) is 0 Å². The van der Waals surface area contributed by atoms with Crippen molar-refractivity contribution in [3.05, 3.63) is 0 Å². The molecule has 0 aliphatic carbocycles. The molecular weight excluding hydrogens is 128 g/mol. The van der Waals surface area contributed by atoms with Crippen LogP contribution in [0.5, 0.6) is 0 Å². The number of hydrogen-bond donors (Lipinski definition) is 3. The summed E-state index contributed by atoms with van der Waals surface area (Å²) in [4.78, 5) is 19.6. The molecule has 0 aromatic carbocycles. The summed E-state index contributed by atoms with van der Waals surface area (Å²) in [6.07, 6.45) is -0.532. The lowest BCUT2D eigenvalue weighted by atomic mass is 10.6. The van der Waals surface area contributed by atoms with Gasteiger partial charge in [0.1, 0.15) is 6.04 Å². The smallest absolute Gasteiger partial charge is 0.321 e. The van der Waals surface area contributed by atoms with Crippen LogP contribution < -0.4 is 5.73 Å². The molecule has 4 N–H and O–H groups in total. The number of nitrogens with two attached hydrogens (primary N) is 1. The Bertz CT molecular complexity index is 133. The average Bonchev–Trinajstić information content (AvgIpc) is 1.63. The van der Waals surface area contributed by atoms with E-state index in [2.05, 4.69) is 0 Å². The summed E-state index contributed by atoms with van der Waals surface area (Å²) < 4.78 is 0. The SMILES string of the molecule is N[13C@@H](C[13C](=O)O)C(=O)O. The standard InChI is InChI=1S/C4H7NO4/c5-2(4(8)9)1-3(6)7/h2H,1,5H2,(H,6,7)(H,8,9)/t2-/m0/s1/i2+1,3+1. The van der Waals surface area contributed by atoms with E-state index in [1.807, 2.05) is 0 Å². The Balaban J connectivity index is 3.63. The van der Waals surface area contributed by atoms with Gasteiger partial charge in [0.05, 0.1) is 6.42 Å². The van der Waals surface area contributed by atoms with E-state index in [9.17, 15) is 9.59 Å². The number of hydrogen-bond acceptors (Lipinski definition) is 3. The number of carbonyl (C=O) groups is 2. The summed E-state index contributed by atoms with van der Waals surface area (Å²) in [6.45, 7) is 0. The zero-order valence-electron chi connectivity index (χ0n) is 4.57. The van der Waals surface area contributed by atoms with Gasteiger partial charge in [-0.3, -0.25) is 9.59 Å². The highest BCUT2D eigenvalue weighted by molar-refractivity contribution is 5.80. The molecule has 0 aromatic rings. The van der Waals surface area contributed by atoms with E-state index in [0.29, 0.717) is 0 Å². The highest BCUT2D eigenvalue weighted by Crippen LogP contribution is 1.86. The van der Waals surface area contributed by atoms with E-state index in [1.54, 1.807) is 0 Å². The predicted octanol–water partition coefficient (Wildman–Crippen LogP) is -1.13. The summed E-state index contributed by atoms with van der Waals surface area (Å²) >= 11 is 0. The summed E-state index contributed by atoms with van der Waals surface area (Å²) in [7, 11) is 0. The second-order valence-corrected chi connectivity index (χ2v) is 1.54. The van der Waals surface area contributed by atoms with Crippen LogP contribution >= 0.6 is 0 Å². The van der Waals surface area contributed by atoms with Gasteiger partial charge < -0.3 is 15.9 Å². The first-order chi connectivity index (χ1) is 4.04. The number of rotatable bonds is 3. The maximum Gasteiger partial charge on any atom is 0.321 e. The van der Waals surface area contributed by atoms with Crippen LogP contribution in [-0.2, 0) is 9.59 Å². The summed E-state index contributed by atoms with van der Waals surface area (Å²) in [5.74, 6) is -2.50. The average molecular weight is 135 g/mol. The molecule has 0 spiro atoms. The van der Waals surface area contributed by atoms with Crippen molar-refractivity contribution in [2.24, 2.45) is 5.73 Å². The Hall–Kier alpha value is -1.10. The Morgan fingerprint density at radius 1 is 1.44 bits per heavy atom. The number of aliphatic carboxylic acids is 2. The molecular formula is C4H7NO4. The van der Waals surface area contributed by atoms with Crippen LogP contribution in [0.15, 0.2) is 0 Å². The monoisotopic (exact) mass is 135 g/mol. The van der Waals surface area contributed by atoms with Crippen LogP contribution in [0.25, 0.3) is 0 Å². The molecule has 0 aliphatic heterocycles. The van der Waals surface area contributed by atoms with Gasteiger partial charge in [-0.1, -0.05) is 0 Å². The van der Waals surface area contributed by atoms with Crippen molar-refractivity contribution in [2.45, 2.75) is 12.5 Å². The molecule has 0 heterocycles. The fourth-order valence-corrected chi connectivity index (χ4v) is 0.275. The zero-order chi connectivity index (χ0) is 7.44. The van der Waals surface area contributed by atoms with Crippen molar-refractivity contribution in [3.63, 3.8) is 0 Å². The Morgan fingerprint density at radius 3 is 2.00 bits per heavy atom. The van der Waals surface area contributed by atoms with Crippen LogP contribution in [0.3, 0.4) is 0 Å². The van der Waals surface area contributed by atoms with E-state index in [0.717, 1.165) is 0 Å². The molecule has 5 heteroatoms. The van der Waals surface area contributed by atoms with Gasteiger partial charge in [-0.25, -0.2) is 0 Å². The number of carboxylic acid groups (broad SMARTS) is 2. The quantitative estimate of drug-likeness (QED) is 0.425. The molecule has 52 valence electrons. The highest BCUT2D eigenvalue weighted by atomic mass is 16.5. The molecule has 0 saturated heterocycles. The topological polar surface area (TPSA) is 101 Å². The number of carboxylic acids is 2. The van der Waals surface area contributed by atoms with Crippen LogP contribution in [0.1, 0.15) is 6.42 Å². The first-order valence-corrected chi connectivity index (χ1v) is 2.24. The summed E-state index contributed by atoms with van der Waals surface area (Å²) in [6, 6.07) is -1.29. The van der Waals surface area contributed by atoms with Gasteiger partial charge >= 0.3 is 11.9 Å². The van der Waals surface area contributed by atoms with Crippen LogP contribution in [0, 0.1) is 0 Å². The molecule has 0 aromatic heterocycles. The van der Waals surface area contributed by atoms with Gasteiger partial charge in [-0.05, 0) is 0 Å². The van der Waals surface area contributed by atoms with Crippen molar-refractivity contribution in [1.29, 1.82) is 0 Å². The minimum Gasteiger partial charge on any atom is -0.481 e. The second kappa shape index (κ2) is 3.03. The third-order valence-corrected chi connectivity index (χ3v) is 0.712. The minimum absolute atomic E-state index is 0.532. The van der Waals surface area contributed by atoms with E-state index in [-0.39, 0.29) is 0 Å². The molecule has 0 aliphatic rings. The van der Waals surface area contributed by atoms with Crippen LogP contribution in [-0.4, -0.2) is 28.2 Å². The van der Waals surface area contributed by atoms with E-state index in [4.69, 9.17) is 15.9 Å². The Labute approximate surface area is 51.1 Å². The van der Waals surface area contributed by atoms with Crippen LogP contribution in [0.2, 0.25) is 0 Å². The normalized spacial score (nSPS) is 12.6. The van der Waals surface area contributed by atoms with E-state index >= 15 is 0 Å².